The van der Waals surface area contributed by atoms with E-state index in [1.165, 1.54) is 26.2 Å². The Morgan fingerprint density at radius 3 is 2.62 bits per heavy atom. The van der Waals surface area contributed by atoms with Crippen LogP contribution in [-0.4, -0.2) is 27.7 Å². The molecule has 1 aromatic heterocycles. The largest absolute Gasteiger partial charge is 0.496 e. The summed E-state index contributed by atoms with van der Waals surface area (Å²) in [6.45, 7) is 1.35. The van der Waals surface area contributed by atoms with Crippen LogP contribution in [0.1, 0.15) is 43.1 Å². The number of nitro groups is 1. The van der Waals surface area contributed by atoms with Crippen LogP contribution < -0.4 is 10.1 Å². The molecule has 0 radical (unpaired) electrons. The molecule has 0 bridgehead atoms. The number of rotatable bonds is 6. The summed E-state index contributed by atoms with van der Waals surface area (Å²) in [5.41, 5.74) is -1.64. The molecule has 1 aromatic carbocycles. The molecule has 29 heavy (non-hydrogen) atoms. The molecule has 3 rings (SSSR count). The Balaban J connectivity index is 1.93. The van der Waals surface area contributed by atoms with E-state index < -0.39 is 39.5 Å². The van der Waals surface area contributed by atoms with Gasteiger partial charge in [-0.2, -0.15) is 18.3 Å². The van der Waals surface area contributed by atoms with Gasteiger partial charge in [-0.05, 0) is 31.9 Å². The third-order valence-corrected chi connectivity index (χ3v) is 4.90. The van der Waals surface area contributed by atoms with Crippen molar-refractivity contribution < 1.29 is 27.6 Å². The van der Waals surface area contributed by atoms with Gasteiger partial charge in [-0.1, -0.05) is 11.6 Å². The minimum atomic E-state index is -4.77. The average molecular weight is 433 g/mol. The standard InChI is InChI=1S/C17H16ClF3N4O4/c1-8(16(26)22-11-6-5-10(29-2)7-12(11)25(27)28)24-14(9-3-4-9)13(18)15(23-24)17(19,20)21/h5-9H,3-4H2,1-2H3,(H,22,26). The molecule has 1 unspecified atom stereocenters. The van der Waals surface area contributed by atoms with Crippen molar-refractivity contribution in [2.24, 2.45) is 0 Å². The summed E-state index contributed by atoms with van der Waals surface area (Å²) in [7, 11) is 1.33. The lowest BCUT2D eigenvalue weighted by Gasteiger charge is -2.16. The summed E-state index contributed by atoms with van der Waals surface area (Å²) >= 11 is 5.92. The van der Waals surface area contributed by atoms with Gasteiger partial charge in [0.2, 0.25) is 5.91 Å². The van der Waals surface area contributed by atoms with Gasteiger partial charge in [0, 0.05) is 5.92 Å². The van der Waals surface area contributed by atoms with Gasteiger partial charge in [0.05, 0.1) is 28.8 Å². The quantitative estimate of drug-likeness (QED) is 0.533. The lowest BCUT2D eigenvalue weighted by molar-refractivity contribution is -0.384. The van der Waals surface area contributed by atoms with Crippen LogP contribution in [0, 0.1) is 10.1 Å². The molecule has 12 heteroatoms. The van der Waals surface area contributed by atoms with Gasteiger partial charge in [-0.15, -0.1) is 0 Å². The van der Waals surface area contributed by atoms with E-state index in [0.717, 1.165) is 10.7 Å². The van der Waals surface area contributed by atoms with Crippen molar-refractivity contribution in [3.8, 4) is 5.75 Å². The molecule has 1 amide bonds. The summed E-state index contributed by atoms with van der Waals surface area (Å²) in [6.07, 6.45) is -3.49. The first kappa shape index (κ1) is 20.9. The highest BCUT2D eigenvalue weighted by atomic mass is 35.5. The SMILES string of the molecule is COc1ccc(NC(=O)C(C)n2nc(C(F)(F)F)c(Cl)c2C2CC2)c([N+](=O)[O-])c1. The number of anilines is 1. The number of halogens is 4. The second kappa shape index (κ2) is 7.54. The monoisotopic (exact) mass is 432 g/mol. The Bertz CT molecular complexity index is 972. The van der Waals surface area contributed by atoms with E-state index in [1.807, 2.05) is 0 Å². The van der Waals surface area contributed by atoms with Crippen molar-refractivity contribution in [1.29, 1.82) is 0 Å². The number of hydrogen-bond donors (Lipinski definition) is 1. The fourth-order valence-electron chi connectivity index (χ4n) is 2.87. The normalized spacial score (nSPS) is 15.1. The van der Waals surface area contributed by atoms with Crippen molar-refractivity contribution in [3.63, 3.8) is 0 Å². The Labute approximate surface area is 167 Å². The number of aromatic nitrogens is 2. The highest BCUT2D eigenvalue weighted by Gasteiger charge is 2.43. The smallest absolute Gasteiger partial charge is 0.436 e. The zero-order valence-corrected chi connectivity index (χ0v) is 16.0. The number of carbonyl (C=O) groups is 1. The number of amides is 1. The molecular formula is C17H16ClF3N4O4. The Morgan fingerprint density at radius 1 is 1.45 bits per heavy atom. The molecule has 8 nitrogen and oxygen atoms in total. The van der Waals surface area contributed by atoms with Crippen LogP contribution in [0.15, 0.2) is 18.2 Å². The van der Waals surface area contributed by atoms with Crippen LogP contribution in [0.5, 0.6) is 5.75 Å². The van der Waals surface area contributed by atoms with Gasteiger partial charge in [-0.25, -0.2) is 0 Å². The minimum Gasteiger partial charge on any atom is -0.496 e. The first-order valence-electron chi connectivity index (χ1n) is 8.53. The fourth-order valence-corrected chi connectivity index (χ4v) is 3.26. The van der Waals surface area contributed by atoms with Crippen molar-refractivity contribution in [1.82, 2.24) is 9.78 Å². The molecular weight excluding hydrogens is 417 g/mol. The van der Waals surface area contributed by atoms with Gasteiger partial charge in [0.15, 0.2) is 5.69 Å². The summed E-state index contributed by atoms with van der Waals surface area (Å²) in [5.74, 6) is -0.767. The highest BCUT2D eigenvalue weighted by molar-refractivity contribution is 6.32. The van der Waals surface area contributed by atoms with Gasteiger partial charge in [-0.3, -0.25) is 19.6 Å². The summed E-state index contributed by atoms with van der Waals surface area (Å²) in [6, 6.07) is 2.64. The zero-order valence-electron chi connectivity index (χ0n) is 15.3. The molecule has 1 aliphatic rings. The van der Waals surface area contributed by atoms with Crippen molar-refractivity contribution in [2.45, 2.75) is 37.9 Å². The molecule has 1 atom stereocenters. The van der Waals surface area contributed by atoms with E-state index in [0.29, 0.717) is 12.8 Å². The summed E-state index contributed by atoms with van der Waals surface area (Å²) in [4.78, 5) is 23.2. The van der Waals surface area contributed by atoms with Crippen LogP contribution in [-0.2, 0) is 11.0 Å². The predicted octanol–water partition coefficient (Wildman–Crippen LogP) is 4.55. The summed E-state index contributed by atoms with van der Waals surface area (Å²) < 4.78 is 45.5. The minimum absolute atomic E-state index is 0.116. The van der Waals surface area contributed by atoms with E-state index >= 15 is 0 Å². The van der Waals surface area contributed by atoms with Gasteiger partial charge in [0.1, 0.15) is 17.5 Å². The van der Waals surface area contributed by atoms with Crippen molar-refractivity contribution in [2.75, 3.05) is 12.4 Å². The molecule has 1 saturated carbocycles. The average Bonchev–Trinajstić information content (AvgIpc) is 3.42. The first-order chi connectivity index (χ1) is 13.5. The van der Waals surface area contributed by atoms with Crippen LogP contribution in [0.4, 0.5) is 24.5 Å². The molecule has 1 fully saturated rings. The molecule has 0 aliphatic heterocycles. The van der Waals surface area contributed by atoms with Crippen molar-refractivity contribution in [3.05, 3.63) is 44.7 Å². The third kappa shape index (κ3) is 4.14. The zero-order chi connectivity index (χ0) is 21.5. The van der Waals surface area contributed by atoms with Crippen LogP contribution in [0.3, 0.4) is 0 Å². The maximum absolute atomic E-state index is 13.2. The number of alkyl halides is 3. The predicted molar refractivity (Wildman–Crippen MR) is 97.2 cm³/mol. The fraction of sp³-hybridized carbons (Fsp3) is 0.412. The maximum atomic E-state index is 13.2. The number of hydrogen-bond acceptors (Lipinski definition) is 5. The number of benzene rings is 1. The Morgan fingerprint density at radius 2 is 2.10 bits per heavy atom. The molecule has 1 aliphatic carbocycles. The van der Waals surface area contributed by atoms with Gasteiger partial charge < -0.3 is 10.1 Å². The van der Waals surface area contributed by atoms with E-state index in [-0.39, 0.29) is 23.0 Å². The number of nitrogens with one attached hydrogen (secondary N) is 1. The Kier molecular flexibility index (Phi) is 5.44. The van der Waals surface area contributed by atoms with E-state index in [4.69, 9.17) is 16.3 Å². The number of nitrogens with zero attached hydrogens (tertiary/aromatic N) is 3. The number of carbonyl (C=O) groups excluding carboxylic acids is 1. The van der Waals surface area contributed by atoms with Crippen LogP contribution >= 0.6 is 11.6 Å². The lowest BCUT2D eigenvalue weighted by Crippen LogP contribution is -2.26. The van der Waals surface area contributed by atoms with E-state index in [1.54, 1.807) is 0 Å². The molecule has 0 spiro atoms. The third-order valence-electron chi connectivity index (χ3n) is 4.53. The van der Waals surface area contributed by atoms with Crippen LogP contribution in [0.2, 0.25) is 5.02 Å². The van der Waals surface area contributed by atoms with Crippen LogP contribution in [0.25, 0.3) is 0 Å². The number of methoxy groups -OCH3 is 1. The van der Waals surface area contributed by atoms with E-state index in [9.17, 15) is 28.1 Å². The summed E-state index contributed by atoms with van der Waals surface area (Å²) in [5, 5.41) is 16.7. The second-order valence-electron chi connectivity index (χ2n) is 6.57. The molecule has 1 N–H and O–H groups in total. The Hall–Kier alpha value is -2.82. The first-order valence-corrected chi connectivity index (χ1v) is 8.90. The number of ether oxygens (including phenoxy) is 1. The highest BCUT2D eigenvalue weighted by Crippen LogP contribution is 2.47. The topological polar surface area (TPSA) is 99.3 Å². The molecule has 2 aromatic rings. The molecule has 1 heterocycles. The number of nitro benzene ring substituents is 1. The van der Waals surface area contributed by atoms with E-state index in [2.05, 4.69) is 10.4 Å². The van der Waals surface area contributed by atoms with Gasteiger partial charge in [0.25, 0.3) is 5.69 Å². The second-order valence-corrected chi connectivity index (χ2v) is 6.95. The molecule has 156 valence electrons. The van der Waals surface area contributed by atoms with Crippen molar-refractivity contribution >= 4 is 28.9 Å². The van der Waals surface area contributed by atoms with Gasteiger partial charge >= 0.3 is 6.18 Å². The molecule has 0 saturated heterocycles. The maximum Gasteiger partial charge on any atom is 0.436 e. The lowest BCUT2D eigenvalue weighted by atomic mass is 10.2.